The average molecular weight is 784 g/mol. The van der Waals surface area contributed by atoms with Gasteiger partial charge in [-0.15, -0.1) is 0 Å². The minimum absolute atomic E-state index is 0.0388. The number of hydrogen-bond donors (Lipinski definition) is 0. The first-order chi connectivity index (χ1) is 29.5. The van der Waals surface area contributed by atoms with Gasteiger partial charge in [0.1, 0.15) is 0 Å². The molecule has 0 spiro atoms. The van der Waals surface area contributed by atoms with Crippen LogP contribution in [0.15, 0.2) is 164 Å². The molecule has 0 bridgehead atoms. The lowest BCUT2D eigenvalue weighted by molar-refractivity contribution is 0.591. The first kappa shape index (κ1) is 34.7. The Morgan fingerprint density at radius 2 is 0.852 bits per heavy atom. The highest BCUT2D eigenvalue weighted by atomic mass is 15.2. The first-order valence-electron chi connectivity index (χ1n) is 21.7. The van der Waals surface area contributed by atoms with Gasteiger partial charge in [-0.3, -0.25) is 0 Å². The maximum Gasteiger partial charge on any atom is 0.0783 e. The van der Waals surface area contributed by atoms with Gasteiger partial charge in [-0.1, -0.05) is 126 Å². The molecule has 0 fully saturated rings. The van der Waals surface area contributed by atoms with Gasteiger partial charge >= 0.3 is 0 Å². The van der Waals surface area contributed by atoms with E-state index in [4.69, 9.17) is 0 Å². The van der Waals surface area contributed by atoms with E-state index >= 15 is 0 Å². The van der Waals surface area contributed by atoms with Crippen LogP contribution in [0.5, 0.6) is 0 Å². The predicted molar refractivity (Wildman–Crippen MR) is 263 cm³/mol. The number of rotatable bonds is 3. The zero-order chi connectivity index (χ0) is 41.1. The predicted octanol–water partition coefficient (Wildman–Crippen LogP) is 16.4. The molecule has 0 aliphatic rings. The smallest absolute Gasteiger partial charge is 0.0783 e. The fourth-order valence-corrected chi connectivity index (χ4v) is 10.8. The molecule has 292 valence electrons. The van der Waals surface area contributed by atoms with Gasteiger partial charge in [0.25, 0.3) is 0 Å². The standard InChI is InChI=1S/C58H45N3/c1-57(2,3)37-30-44-42-27-34-17-13-14-18-35(34)29-49(42)60-47-25-26-48-53(51(47)46(32-37)54(44)60)52-41-24-16-15-19-36(41)28-43-45-31-38(58(4,5)6)33-50(55(45)61(48)56(43)52)59(39-20-9-7-10-21-39)40-22-11-8-12-23-40/h7-33H,1-6H3. The van der Waals surface area contributed by atoms with E-state index in [9.17, 15) is 0 Å². The van der Waals surface area contributed by atoms with Gasteiger partial charge in [-0.2, -0.15) is 0 Å². The monoisotopic (exact) mass is 783 g/mol. The highest BCUT2D eigenvalue weighted by molar-refractivity contribution is 6.40. The van der Waals surface area contributed by atoms with Crippen LogP contribution in [0.1, 0.15) is 52.7 Å². The number of aromatic nitrogens is 2. The molecule has 13 aromatic rings. The molecule has 0 saturated carbocycles. The number of fused-ring (bicyclic) bond motifs is 16. The normalized spacial score (nSPS) is 13.1. The lowest BCUT2D eigenvalue weighted by Crippen LogP contribution is -2.15. The third kappa shape index (κ3) is 4.64. The summed E-state index contributed by atoms with van der Waals surface area (Å²) >= 11 is 0. The van der Waals surface area contributed by atoms with Crippen molar-refractivity contribution < 1.29 is 0 Å². The van der Waals surface area contributed by atoms with Crippen molar-refractivity contribution in [3.05, 3.63) is 175 Å². The maximum atomic E-state index is 2.63. The maximum absolute atomic E-state index is 2.63. The van der Waals surface area contributed by atoms with Crippen molar-refractivity contribution in [2.45, 2.75) is 52.4 Å². The molecule has 4 heterocycles. The van der Waals surface area contributed by atoms with E-state index in [0.29, 0.717) is 0 Å². The number of hydrogen-bond acceptors (Lipinski definition) is 1. The largest absolute Gasteiger partial charge is 0.308 e. The van der Waals surface area contributed by atoms with E-state index in [2.05, 4.69) is 219 Å². The molecule has 0 saturated heterocycles. The molecule has 13 rings (SSSR count). The third-order valence-corrected chi connectivity index (χ3v) is 13.7. The summed E-state index contributed by atoms with van der Waals surface area (Å²) in [5.41, 5.74) is 13.6. The Morgan fingerprint density at radius 1 is 0.344 bits per heavy atom. The van der Waals surface area contributed by atoms with Gasteiger partial charge in [0, 0.05) is 54.5 Å². The summed E-state index contributed by atoms with van der Waals surface area (Å²) < 4.78 is 5.21. The van der Waals surface area contributed by atoms with Crippen LogP contribution >= 0.6 is 0 Å². The minimum atomic E-state index is -0.0794. The zero-order valence-corrected chi connectivity index (χ0v) is 35.4. The number of benzene rings is 9. The van der Waals surface area contributed by atoms with E-state index < -0.39 is 0 Å². The first-order valence-corrected chi connectivity index (χ1v) is 21.7. The van der Waals surface area contributed by atoms with Crippen molar-refractivity contribution in [3.63, 3.8) is 0 Å². The SMILES string of the molecule is CC(C)(C)c1cc(N(c2ccccc2)c2ccccc2)c2c(c1)c1cc3ccccc3c3c4c5c6cc(C(C)(C)C)cc7c8cc9ccccc9cc8n(c5ccc4n2c13)c76. The van der Waals surface area contributed by atoms with Gasteiger partial charge in [0.15, 0.2) is 0 Å². The highest BCUT2D eigenvalue weighted by Gasteiger charge is 2.30. The second kappa shape index (κ2) is 11.8. The third-order valence-electron chi connectivity index (χ3n) is 13.7. The van der Waals surface area contributed by atoms with Crippen molar-refractivity contribution in [2.24, 2.45) is 0 Å². The van der Waals surface area contributed by atoms with Crippen LogP contribution in [0.25, 0.3) is 97.7 Å². The van der Waals surface area contributed by atoms with E-state index in [0.717, 1.165) is 11.4 Å². The quantitative estimate of drug-likeness (QED) is 0.174. The van der Waals surface area contributed by atoms with Crippen LogP contribution in [0.3, 0.4) is 0 Å². The Balaban J connectivity index is 1.29. The molecular formula is C58H45N3. The molecule has 0 aliphatic heterocycles. The lowest BCUT2D eigenvalue weighted by atomic mass is 9.85. The molecule has 0 atom stereocenters. The molecule has 9 aromatic carbocycles. The Kier molecular flexibility index (Phi) is 6.72. The Labute approximate surface area is 354 Å². The average Bonchev–Trinajstić information content (AvgIpc) is 3.98. The Hall–Kier alpha value is -7.10. The molecule has 0 unspecified atom stereocenters. The second-order valence-electron chi connectivity index (χ2n) is 19.4. The van der Waals surface area contributed by atoms with Crippen molar-refractivity contribution in [1.29, 1.82) is 0 Å². The van der Waals surface area contributed by atoms with Crippen molar-refractivity contribution in [3.8, 4) is 0 Å². The fraction of sp³-hybridized carbons (Fsp3) is 0.138. The topological polar surface area (TPSA) is 12.1 Å². The van der Waals surface area contributed by atoms with Crippen LogP contribution in [-0.2, 0) is 10.8 Å². The Bertz CT molecular complexity index is 3890. The number of para-hydroxylation sites is 2. The summed E-state index contributed by atoms with van der Waals surface area (Å²) in [6.45, 7) is 14.1. The summed E-state index contributed by atoms with van der Waals surface area (Å²) in [5.74, 6) is 0. The van der Waals surface area contributed by atoms with Crippen molar-refractivity contribution in [2.75, 3.05) is 4.90 Å². The number of anilines is 3. The summed E-state index contributed by atoms with van der Waals surface area (Å²) in [7, 11) is 0. The summed E-state index contributed by atoms with van der Waals surface area (Å²) in [4.78, 5) is 2.48. The van der Waals surface area contributed by atoms with Gasteiger partial charge < -0.3 is 13.7 Å². The van der Waals surface area contributed by atoms with Gasteiger partial charge in [-0.05, 0) is 122 Å². The van der Waals surface area contributed by atoms with Crippen LogP contribution in [0.2, 0.25) is 0 Å². The molecule has 0 radical (unpaired) electrons. The molecule has 4 aromatic heterocycles. The summed E-state index contributed by atoms with van der Waals surface area (Å²) in [5, 5.41) is 15.7. The molecule has 0 N–H and O–H groups in total. The van der Waals surface area contributed by atoms with Crippen LogP contribution < -0.4 is 4.90 Å². The molecule has 3 heteroatoms. The Morgan fingerprint density at radius 3 is 1.51 bits per heavy atom. The fourth-order valence-electron chi connectivity index (χ4n) is 10.8. The van der Waals surface area contributed by atoms with Crippen molar-refractivity contribution >= 4 is 115 Å². The second-order valence-corrected chi connectivity index (χ2v) is 19.4. The molecule has 61 heavy (non-hydrogen) atoms. The van der Waals surface area contributed by atoms with E-state index in [1.54, 1.807) is 0 Å². The van der Waals surface area contributed by atoms with E-state index in [1.807, 2.05) is 0 Å². The van der Waals surface area contributed by atoms with E-state index in [-0.39, 0.29) is 10.8 Å². The number of nitrogens with zero attached hydrogens (tertiary/aromatic N) is 3. The molecule has 0 amide bonds. The van der Waals surface area contributed by atoms with Gasteiger partial charge in [0.05, 0.1) is 38.8 Å². The highest BCUT2D eigenvalue weighted by Crippen LogP contribution is 2.52. The minimum Gasteiger partial charge on any atom is -0.308 e. The van der Waals surface area contributed by atoms with Gasteiger partial charge in [0.2, 0.25) is 0 Å². The molecule has 0 aliphatic carbocycles. The van der Waals surface area contributed by atoms with Crippen LogP contribution in [0, 0.1) is 0 Å². The molecule has 3 nitrogen and oxygen atoms in total. The van der Waals surface area contributed by atoms with E-state index in [1.165, 1.54) is 115 Å². The van der Waals surface area contributed by atoms with Crippen LogP contribution in [0.4, 0.5) is 17.1 Å². The lowest BCUT2D eigenvalue weighted by Gasteiger charge is -2.29. The molecular weight excluding hydrogens is 739 g/mol. The van der Waals surface area contributed by atoms with Crippen LogP contribution in [-0.4, -0.2) is 8.80 Å². The van der Waals surface area contributed by atoms with Crippen molar-refractivity contribution in [1.82, 2.24) is 8.80 Å². The summed E-state index contributed by atoms with van der Waals surface area (Å²) in [6.07, 6.45) is 0. The zero-order valence-electron chi connectivity index (χ0n) is 35.4. The van der Waals surface area contributed by atoms with Gasteiger partial charge in [-0.25, -0.2) is 0 Å². The summed E-state index contributed by atoms with van der Waals surface area (Å²) in [6, 6.07) is 61.8.